The molecular formula is C13H20N4O3. The Morgan fingerprint density at radius 1 is 1.55 bits per heavy atom. The summed E-state index contributed by atoms with van der Waals surface area (Å²) in [5.41, 5.74) is 3.62. The Bertz CT molecular complexity index is 489. The van der Waals surface area contributed by atoms with Gasteiger partial charge in [0.2, 0.25) is 0 Å². The minimum absolute atomic E-state index is 0.0268. The van der Waals surface area contributed by atoms with Crippen molar-refractivity contribution in [3.05, 3.63) is 33.9 Å². The molecule has 4 N–H and O–H groups in total. The van der Waals surface area contributed by atoms with E-state index in [0.717, 1.165) is 24.9 Å². The predicted octanol–water partition coefficient (Wildman–Crippen LogP) is 1.08. The van der Waals surface area contributed by atoms with Crippen molar-refractivity contribution in [2.45, 2.75) is 25.5 Å². The molecular weight excluding hydrogens is 260 g/mol. The number of nitro benzene ring substituents is 1. The topological polar surface area (TPSA) is 105 Å². The van der Waals surface area contributed by atoms with Crippen LogP contribution in [-0.2, 0) is 6.54 Å². The van der Waals surface area contributed by atoms with Crippen LogP contribution in [0, 0.1) is 16.0 Å². The lowest BCUT2D eigenvalue weighted by Crippen LogP contribution is -2.36. The van der Waals surface area contributed by atoms with E-state index in [2.05, 4.69) is 10.3 Å². The molecule has 0 saturated heterocycles. The fraction of sp³-hybridized carbons (Fsp3) is 0.538. The number of aliphatic hydroxyl groups excluding tert-OH is 1. The first-order valence-corrected chi connectivity index (χ1v) is 6.60. The van der Waals surface area contributed by atoms with Crippen LogP contribution in [0.5, 0.6) is 0 Å². The summed E-state index contributed by atoms with van der Waals surface area (Å²) >= 11 is 0. The van der Waals surface area contributed by atoms with Gasteiger partial charge in [-0.3, -0.25) is 16.0 Å². The minimum atomic E-state index is -0.460. The Morgan fingerprint density at radius 2 is 2.25 bits per heavy atom. The van der Waals surface area contributed by atoms with Crippen molar-refractivity contribution in [3.8, 4) is 0 Å². The van der Waals surface area contributed by atoms with Gasteiger partial charge in [0.15, 0.2) is 0 Å². The van der Waals surface area contributed by atoms with Crippen LogP contribution in [0.2, 0.25) is 0 Å². The monoisotopic (exact) mass is 280 g/mol. The van der Waals surface area contributed by atoms with Gasteiger partial charge in [0.25, 0.3) is 5.69 Å². The zero-order chi connectivity index (χ0) is 14.7. The first-order chi connectivity index (χ1) is 9.49. The molecule has 0 spiro atoms. The number of nitrogens with two attached hydrogens (primary N) is 1. The molecule has 1 aliphatic carbocycles. The van der Waals surface area contributed by atoms with Crippen molar-refractivity contribution in [1.82, 2.24) is 4.90 Å². The Kier molecular flexibility index (Phi) is 4.53. The highest BCUT2D eigenvalue weighted by Crippen LogP contribution is 2.29. The van der Waals surface area contributed by atoms with Crippen LogP contribution in [0.1, 0.15) is 18.4 Å². The minimum Gasteiger partial charge on any atom is -0.393 e. The summed E-state index contributed by atoms with van der Waals surface area (Å²) in [6.45, 7) is 1.61. The summed E-state index contributed by atoms with van der Waals surface area (Å²) in [5.74, 6) is 5.86. The molecule has 7 nitrogen and oxygen atoms in total. The first kappa shape index (κ1) is 14.7. The van der Waals surface area contributed by atoms with Crippen molar-refractivity contribution in [1.29, 1.82) is 0 Å². The lowest BCUT2D eigenvalue weighted by atomic mass is 9.82. The molecule has 1 aromatic rings. The number of nitrogens with zero attached hydrogens (tertiary/aromatic N) is 2. The Balaban J connectivity index is 1.96. The Labute approximate surface area is 117 Å². The third-order valence-corrected chi connectivity index (χ3v) is 3.65. The van der Waals surface area contributed by atoms with Gasteiger partial charge in [0.05, 0.1) is 11.0 Å². The average Bonchev–Trinajstić information content (AvgIpc) is 2.36. The lowest BCUT2D eigenvalue weighted by molar-refractivity contribution is -0.384. The molecule has 0 bridgehead atoms. The fourth-order valence-corrected chi connectivity index (χ4v) is 2.62. The fourth-order valence-electron chi connectivity index (χ4n) is 2.62. The Hall–Kier alpha value is -1.70. The number of anilines is 1. The largest absolute Gasteiger partial charge is 0.393 e. The summed E-state index contributed by atoms with van der Waals surface area (Å²) in [4.78, 5) is 12.5. The van der Waals surface area contributed by atoms with E-state index < -0.39 is 4.92 Å². The molecule has 1 aliphatic rings. The summed E-state index contributed by atoms with van der Waals surface area (Å²) < 4.78 is 0. The molecule has 0 heterocycles. The normalized spacial score (nSPS) is 21.6. The van der Waals surface area contributed by atoms with Crippen LogP contribution in [0.4, 0.5) is 11.4 Å². The van der Waals surface area contributed by atoms with E-state index in [1.165, 1.54) is 6.07 Å². The maximum Gasteiger partial charge on any atom is 0.293 e. The summed E-state index contributed by atoms with van der Waals surface area (Å²) in [7, 11) is 2.00. The van der Waals surface area contributed by atoms with Gasteiger partial charge >= 0.3 is 0 Å². The number of nitro groups is 1. The third kappa shape index (κ3) is 3.44. The second kappa shape index (κ2) is 6.17. The smallest absolute Gasteiger partial charge is 0.293 e. The van der Waals surface area contributed by atoms with Crippen LogP contribution in [0.15, 0.2) is 18.2 Å². The second-order valence-electron chi connectivity index (χ2n) is 5.44. The molecule has 20 heavy (non-hydrogen) atoms. The number of nitrogen functional groups attached to an aromatic ring is 1. The summed E-state index contributed by atoms with van der Waals surface area (Å²) in [6.07, 6.45) is 1.58. The van der Waals surface area contributed by atoms with Gasteiger partial charge in [-0.1, -0.05) is 6.07 Å². The van der Waals surface area contributed by atoms with Gasteiger partial charge in [0, 0.05) is 19.2 Å². The van der Waals surface area contributed by atoms with Gasteiger partial charge < -0.3 is 15.4 Å². The number of hydrogen-bond acceptors (Lipinski definition) is 6. The molecule has 1 fully saturated rings. The number of nitrogens with one attached hydrogen (secondary N) is 1. The number of aliphatic hydroxyl groups is 1. The number of hydrogen-bond donors (Lipinski definition) is 3. The van der Waals surface area contributed by atoms with Crippen LogP contribution in [0.25, 0.3) is 0 Å². The molecule has 2 rings (SSSR count). The van der Waals surface area contributed by atoms with E-state index in [1.807, 2.05) is 7.05 Å². The summed E-state index contributed by atoms with van der Waals surface area (Å²) in [5, 5.41) is 20.1. The van der Waals surface area contributed by atoms with Crippen molar-refractivity contribution >= 4 is 11.4 Å². The molecule has 7 heteroatoms. The highest BCUT2D eigenvalue weighted by atomic mass is 16.6. The molecule has 0 amide bonds. The Morgan fingerprint density at radius 3 is 2.80 bits per heavy atom. The van der Waals surface area contributed by atoms with E-state index in [-0.39, 0.29) is 11.8 Å². The molecule has 0 unspecified atom stereocenters. The maximum atomic E-state index is 10.8. The molecule has 0 aliphatic heterocycles. The first-order valence-electron chi connectivity index (χ1n) is 6.60. The molecule has 110 valence electrons. The predicted molar refractivity (Wildman–Crippen MR) is 76.0 cm³/mol. The third-order valence-electron chi connectivity index (χ3n) is 3.65. The van der Waals surface area contributed by atoms with Gasteiger partial charge in [-0.05, 0) is 37.4 Å². The molecule has 1 aromatic carbocycles. The number of rotatable bonds is 6. The molecule has 0 atom stereocenters. The van der Waals surface area contributed by atoms with Crippen molar-refractivity contribution in [2.75, 3.05) is 19.0 Å². The van der Waals surface area contributed by atoms with Crippen LogP contribution in [-0.4, -0.2) is 34.6 Å². The van der Waals surface area contributed by atoms with Crippen LogP contribution in [0.3, 0.4) is 0 Å². The van der Waals surface area contributed by atoms with Gasteiger partial charge in [0.1, 0.15) is 5.69 Å². The van der Waals surface area contributed by atoms with E-state index in [1.54, 1.807) is 12.1 Å². The molecule has 0 radical (unpaired) electrons. The zero-order valence-corrected chi connectivity index (χ0v) is 11.5. The zero-order valence-electron chi connectivity index (χ0n) is 11.5. The standard InChI is InChI=1S/C13H20N4O3/c1-16(8-10-4-11(18)5-10)7-9-2-3-13(17(19)20)12(6-9)15-14/h2-3,6,10-11,15,18H,4-5,7-8,14H2,1H3. The van der Waals surface area contributed by atoms with Crippen molar-refractivity contribution in [2.24, 2.45) is 11.8 Å². The number of hydrazine groups is 1. The second-order valence-corrected chi connectivity index (χ2v) is 5.44. The van der Waals surface area contributed by atoms with E-state index in [4.69, 9.17) is 5.84 Å². The highest BCUT2D eigenvalue weighted by molar-refractivity contribution is 5.62. The highest BCUT2D eigenvalue weighted by Gasteiger charge is 2.27. The lowest BCUT2D eigenvalue weighted by Gasteiger charge is -2.34. The van der Waals surface area contributed by atoms with Crippen LogP contribution >= 0.6 is 0 Å². The van der Waals surface area contributed by atoms with Gasteiger partial charge in [-0.2, -0.15) is 0 Å². The quantitative estimate of drug-likeness (QED) is 0.409. The van der Waals surface area contributed by atoms with E-state index >= 15 is 0 Å². The number of benzene rings is 1. The van der Waals surface area contributed by atoms with Gasteiger partial charge in [-0.25, -0.2) is 0 Å². The van der Waals surface area contributed by atoms with Crippen LogP contribution < -0.4 is 11.3 Å². The SMILES string of the molecule is CN(Cc1ccc([N+](=O)[O-])c(NN)c1)CC1CC(O)C1. The molecule has 0 aromatic heterocycles. The van der Waals surface area contributed by atoms with E-state index in [9.17, 15) is 15.2 Å². The van der Waals surface area contributed by atoms with Gasteiger partial charge in [-0.15, -0.1) is 0 Å². The summed E-state index contributed by atoms with van der Waals surface area (Å²) in [6, 6.07) is 4.90. The van der Waals surface area contributed by atoms with Crippen molar-refractivity contribution in [3.63, 3.8) is 0 Å². The van der Waals surface area contributed by atoms with E-state index in [0.29, 0.717) is 18.2 Å². The molecule has 1 saturated carbocycles. The maximum absolute atomic E-state index is 10.8. The van der Waals surface area contributed by atoms with Crippen molar-refractivity contribution < 1.29 is 10.0 Å². The average molecular weight is 280 g/mol.